The molecular weight excluding hydrogens is 391 g/mol. The van der Waals surface area contributed by atoms with Gasteiger partial charge in [0.2, 0.25) is 0 Å². The SMILES string of the molecule is CNCCCNC(=O)c1ccc(NCc2ccccc2Cl)c([N+](=O)[O-])c1.Cl. The molecule has 146 valence electrons. The molecule has 1 amide bonds. The van der Waals surface area contributed by atoms with Crippen molar-refractivity contribution in [1.29, 1.82) is 0 Å². The van der Waals surface area contributed by atoms with Crippen molar-refractivity contribution in [3.05, 3.63) is 68.7 Å². The minimum atomic E-state index is -0.507. The summed E-state index contributed by atoms with van der Waals surface area (Å²) in [5.74, 6) is -0.332. The van der Waals surface area contributed by atoms with E-state index in [9.17, 15) is 14.9 Å². The number of carbonyl (C=O) groups excluding carboxylic acids is 1. The maximum absolute atomic E-state index is 12.1. The summed E-state index contributed by atoms with van der Waals surface area (Å²) in [6, 6.07) is 11.6. The van der Waals surface area contributed by atoms with Crippen LogP contribution in [0.2, 0.25) is 5.02 Å². The summed E-state index contributed by atoms with van der Waals surface area (Å²) in [7, 11) is 1.83. The van der Waals surface area contributed by atoms with Crippen LogP contribution < -0.4 is 16.0 Å². The second kappa shape index (κ2) is 11.4. The number of nitrogens with one attached hydrogen (secondary N) is 3. The average molecular weight is 413 g/mol. The van der Waals surface area contributed by atoms with Gasteiger partial charge in [0.05, 0.1) is 4.92 Å². The third kappa shape index (κ3) is 6.71. The van der Waals surface area contributed by atoms with E-state index in [0.29, 0.717) is 23.8 Å². The molecular formula is C18H22Cl2N4O3. The molecule has 0 saturated carbocycles. The van der Waals surface area contributed by atoms with Gasteiger partial charge >= 0.3 is 0 Å². The van der Waals surface area contributed by atoms with E-state index in [1.54, 1.807) is 12.1 Å². The van der Waals surface area contributed by atoms with Crippen molar-refractivity contribution in [2.24, 2.45) is 0 Å². The van der Waals surface area contributed by atoms with Crippen LogP contribution in [0.4, 0.5) is 11.4 Å². The lowest BCUT2D eigenvalue weighted by atomic mass is 10.1. The fourth-order valence-corrected chi connectivity index (χ4v) is 2.58. The molecule has 0 heterocycles. The molecule has 0 unspecified atom stereocenters. The smallest absolute Gasteiger partial charge is 0.293 e. The summed E-state index contributed by atoms with van der Waals surface area (Å²) in [6.07, 6.45) is 0.780. The number of carbonyl (C=O) groups is 1. The number of hydrogen-bond acceptors (Lipinski definition) is 5. The molecule has 2 aromatic rings. The lowest BCUT2D eigenvalue weighted by molar-refractivity contribution is -0.384. The highest BCUT2D eigenvalue weighted by atomic mass is 35.5. The molecule has 9 heteroatoms. The molecule has 27 heavy (non-hydrogen) atoms. The van der Waals surface area contributed by atoms with Gasteiger partial charge in [-0.3, -0.25) is 14.9 Å². The lowest BCUT2D eigenvalue weighted by Crippen LogP contribution is -2.26. The monoisotopic (exact) mass is 412 g/mol. The number of nitro groups is 1. The minimum absolute atomic E-state index is 0. The maximum Gasteiger partial charge on any atom is 0.293 e. The Kier molecular flexibility index (Phi) is 9.56. The van der Waals surface area contributed by atoms with Gasteiger partial charge in [-0.05, 0) is 43.8 Å². The van der Waals surface area contributed by atoms with Crippen LogP contribution in [-0.4, -0.2) is 31.0 Å². The predicted octanol–water partition coefficient (Wildman–Crippen LogP) is 3.62. The second-order valence-electron chi connectivity index (χ2n) is 5.65. The Morgan fingerprint density at radius 1 is 1.19 bits per heavy atom. The van der Waals surface area contributed by atoms with Crippen LogP contribution in [0.3, 0.4) is 0 Å². The predicted molar refractivity (Wildman–Crippen MR) is 110 cm³/mol. The summed E-state index contributed by atoms with van der Waals surface area (Å²) in [4.78, 5) is 23.0. The normalized spacial score (nSPS) is 10.0. The third-order valence-corrected chi connectivity index (χ3v) is 4.14. The Morgan fingerprint density at radius 2 is 1.93 bits per heavy atom. The maximum atomic E-state index is 12.1. The Bertz CT molecular complexity index is 787. The number of benzene rings is 2. The molecule has 7 nitrogen and oxygen atoms in total. The quantitative estimate of drug-likeness (QED) is 0.332. The van der Waals surface area contributed by atoms with Crippen LogP contribution >= 0.6 is 24.0 Å². The van der Waals surface area contributed by atoms with Gasteiger partial charge in [-0.2, -0.15) is 0 Å². The Balaban J connectivity index is 0.00000364. The second-order valence-corrected chi connectivity index (χ2v) is 6.05. The molecule has 0 radical (unpaired) electrons. The Hall–Kier alpha value is -2.35. The first-order valence-corrected chi connectivity index (χ1v) is 8.59. The molecule has 0 spiro atoms. The van der Waals surface area contributed by atoms with Crippen molar-refractivity contribution in [1.82, 2.24) is 10.6 Å². The van der Waals surface area contributed by atoms with E-state index in [0.717, 1.165) is 18.5 Å². The Labute approximate surface area is 169 Å². The molecule has 0 aliphatic rings. The van der Waals surface area contributed by atoms with Gasteiger partial charge in [0.1, 0.15) is 5.69 Å². The molecule has 0 atom stereocenters. The van der Waals surface area contributed by atoms with Crippen molar-refractivity contribution in [3.63, 3.8) is 0 Å². The number of rotatable bonds is 9. The largest absolute Gasteiger partial charge is 0.375 e. The molecule has 0 aliphatic heterocycles. The van der Waals surface area contributed by atoms with Gasteiger partial charge in [-0.15, -0.1) is 12.4 Å². The van der Waals surface area contributed by atoms with E-state index in [1.807, 2.05) is 25.2 Å². The van der Waals surface area contributed by atoms with Gasteiger partial charge in [0.15, 0.2) is 0 Å². The van der Waals surface area contributed by atoms with E-state index >= 15 is 0 Å². The number of nitro benzene ring substituents is 1. The highest BCUT2D eigenvalue weighted by molar-refractivity contribution is 6.31. The van der Waals surface area contributed by atoms with Gasteiger partial charge in [0.25, 0.3) is 11.6 Å². The summed E-state index contributed by atoms with van der Waals surface area (Å²) < 4.78 is 0. The number of amides is 1. The third-order valence-electron chi connectivity index (χ3n) is 3.77. The molecule has 0 saturated heterocycles. The van der Waals surface area contributed by atoms with Crippen molar-refractivity contribution in [2.75, 3.05) is 25.5 Å². The Morgan fingerprint density at radius 3 is 2.59 bits per heavy atom. The molecule has 3 N–H and O–H groups in total. The van der Waals surface area contributed by atoms with Crippen molar-refractivity contribution < 1.29 is 9.72 Å². The standard InChI is InChI=1S/C18H21ClN4O3.ClH/c1-20-9-4-10-21-18(24)13-7-8-16(17(11-13)23(25)26)22-12-14-5-2-3-6-15(14)19;/h2-3,5-8,11,20,22H,4,9-10,12H2,1H3,(H,21,24);1H. The van der Waals surface area contributed by atoms with E-state index in [4.69, 9.17) is 11.6 Å². The number of hydrogen-bond donors (Lipinski definition) is 3. The summed E-state index contributed by atoms with van der Waals surface area (Å²) in [5, 5.41) is 20.7. The highest BCUT2D eigenvalue weighted by Gasteiger charge is 2.17. The summed E-state index contributed by atoms with van der Waals surface area (Å²) in [5.41, 5.74) is 1.26. The van der Waals surface area contributed by atoms with E-state index in [1.165, 1.54) is 12.1 Å². The van der Waals surface area contributed by atoms with E-state index in [-0.39, 0.29) is 29.6 Å². The topological polar surface area (TPSA) is 96.3 Å². The molecule has 0 bridgehead atoms. The van der Waals surface area contributed by atoms with E-state index in [2.05, 4.69) is 16.0 Å². The zero-order valence-corrected chi connectivity index (χ0v) is 16.4. The van der Waals surface area contributed by atoms with Crippen LogP contribution in [0, 0.1) is 10.1 Å². The van der Waals surface area contributed by atoms with Gasteiger partial charge in [-0.25, -0.2) is 0 Å². The molecule has 2 aromatic carbocycles. The van der Waals surface area contributed by atoms with Crippen LogP contribution in [0.25, 0.3) is 0 Å². The van der Waals surface area contributed by atoms with Crippen LogP contribution in [0.15, 0.2) is 42.5 Å². The molecule has 0 aliphatic carbocycles. The first kappa shape index (κ1) is 22.7. The van der Waals surface area contributed by atoms with Crippen molar-refractivity contribution >= 4 is 41.3 Å². The van der Waals surface area contributed by atoms with Crippen molar-refractivity contribution in [3.8, 4) is 0 Å². The fourth-order valence-electron chi connectivity index (χ4n) is 2.37. The molecule has 0 aromatic heterocycles. The summed E-state index contributed by atoms with van der Waals surface area (Å²) >= 11 is 6.10. The van der Waals surface area contributed by atoms with Gasteiger partial charge in [-0.1, -0.05) is 29.8 Å². The van der Waals surface area contributed by atoms with E-state index < -0.39 is 4.92 Å². The molecule has 2 rings (SSSR count). The van der Waals surface area contributed by atoms with Crippen LogP contribution in [0.5, 0.6) is 0 Å². The highest BCUT2D eigenvalue weighted by Crippen LogP contribution is 2.27. The number of anilines is 1. The zero-order valence-electron chi connectivity index (χ0n) is 14.8. The molecule has 0 fully saturated rings. The van der Waals surface area contributed by atoms with Crippen molar-refractivity contribution in [2.45, 2.75) is 13.0 Å². The first-order chi connectivity index (χ1) is 12.5. The van der Waals surface area contributed by atoms with Gasteiger partial charge < -0.3 is 16.0 Å². The zero-order chi connectivity index (χ0) is 18.9. The summed E-state index contributed by atoms with van der Waals surface area (Å²) in [6.45, 7) is 1.63. The fraction of sp³-hybridized carbons (Fsp3) is 0.278. The van der Waals surface area contributed by atoms with Gasteiger partial charge in [0, 0.05) is 29.7 Å². The number of nitrogens with zero attached hydrogens (tertiary/aromatic N) is 1. The lowest BCUT2D eigenvalue weighted by Gasteiger charge is -2.10. The first-order valence-electron chi connectivity index (χ1n) is 8.21. The van der Waals surface area contributed by atoms with Crippen LogP contribution in [0.1, 0.15) is 22.3 Å². The number of halogens is 2. The minimum Gasteiger partial charge on any atom is -0.375 e. The van der Waals surface area contributed by atoms with Crippen LogP contribution in [-0.2, 0) is 6.54 Å². The average Bonchev–Trinajstić information content (AvgIpc) is 2.64.